The Morgan fingerprint density at radius 2 is 1.58 bits per heavy atom. The Kier molecular flexibility index (Phi) is 5.29. The first kappa shape index (κ1) is 17.6. The number of nitrogens with zero attached hydrogens (tertiary/aromatic N) is 2. The molecule has 4 nitrogen and oxygen atoms in total. The van der Waals surface area contributed by atoms with Gasteiger partial charge >= 0.3 is 0 Å². The fraction of sp³-hybridized carbons (Fsp3) is 0.250. The lowest BCUT2D eigenvalue weighted by molar-refractivity contribution is 0.101. The standard InChI is InChI=1S/C20H22N2O2/c1-13-18(15(3)23)12-19(14(2)21-13)20(24)11-8-16-6-9-17(10-7-16)22(4)5/h6-12H,1-5H3/b11-8+. The monoisotopic (exact) mass is 322 g/mol. The number of carbonyl (C=O) groups is 2. The first-order valence-corrected chi connectivity index (χ1v) is 7.78. The molecule has 0 spiro atoms. The number of pyridine rings is 1. The van der Waals surface area contributed by atoms with Crippen molar-refractivity contribution < 1.29 is 9.59 Å². The fourth-order valence-electron chi connectivity index (χ4n) is 2.48. The predicted molar refractivity (Wildman–Crippen MR) is 97.8 cm³/mol. The molecule has 2 rings (SSSR count). The molecule has 0 radical (unpaired) electrons. The Morgan fingerprint density at radius 1 is 1.00 bits per heavy atom. The molecular formula is C20H22N2O2. The van der Waals surface area contributed by atoms with E-state index in [4.69, 9.17) is 0 Å². The van der Waals surface area contributed by atoms with Gasteiger partial charge in [-0.15, -0.1) is 0 Å². The molecule has 0 aliphatic carbocycles. The second kappa shape index (κ2) is 7.21. The van der Waals surface area contributed by atoms with Crippen LogP contribution in [0.5, 0.6) is 0 Å². The zero-order valence-corrected chi connectivity index (χ0v) is 14.8. The molecule has 0 saturated heterocycles. The van der Waals surface area contributed by atoms with Crippen molar-refractivity contribution in [2.45, 2.75) is 20.8 Å². The summed E-state index contributed by atoms with van der Waals surface area (Å²) in [6.45, 7) is 5.04. The van der Waals surface area contributed by atoms with Crippen molar-refractivity contribution in [1.82, 2.24) is 4.98 Å². The van der Waals surface area contributed by atoms with E-state index < -0.39 is 0 Å². The fourth-order valence-corrected chi connectivity index (χ4v) is 2.48. The van der Waals surface area contributed by atoms with Crippen molar-refractivity contribution in [3.8, 4) is 0 Å². The highest BCUT2D eigenvalue weighted by molar-refractivity contribution is 6.09. The number of benzene rings is 1. The maximum Gasteiger partial charge on any atom is 0.187 e. The van der Waals surface area contributed by atoms with Crippen LogP contribution < -0.4 is 4.90 Å². The Labute approximate surface area is 142 Å². The highest BCUT2D eigenvalue weighted by Gasteiger charge is 2.13. The van der Waals surface area contributed by atoms with E-state index >= 15 is 0 Å². The molecule has 0 fully saturated rings. The number of ketones is 2. The van der Waals surface area contributed by atoms with Crippen LogP contribution in [-0.2, 0) is 0 Å². The number of hydrogen-bond acceptors (Lipinski definition) is 4. The van der Waals surface area contributed by atoms with E-state index in [1.165, 1.54) is 13.0 Å². The Bertz CT molecular complexity index is 803. The number of hydrogen-bond donors (Lipinski definition) is 0. The molecule has 0 aliphatic heterocycles. The summed E-state index contributed by atoms with van der Waals surface area (Å²) in [5, 5.41) is 0. The van der Waals surface area contributed by atoms with Crippen LogP contribution in [0.15, 0.2) is 36.4 Å². The van der Waals surface area contributed by atoms with Gasteiger partial charge in [0.2, 0.25) is 0 Å². The summed E-state index contributed by atoms with van der Waals surface area (Å²) in [5.41, 5.74) is 4.29. The molecule has 24 heavy (non-hydrogen) atoms. The molecule has 0 unspecified atom stereocenters. The Hall–Kier alpha value is -2.75. The molecule has 0 bridgehead atoms. The van der Waals surface area contributed by atoms with Crippen molar-refractivity contribution in [2.75, 3.05) is 19.0 Å². The summed E-state index contributed by atoms with van der Waals surface area (Å²) in [5.74, 6) is -0.239. The minimum atomic E-state index is -0.154. The zero-order chi connectivity index (χ0) is 17.9. The lowest BCUT2D eigenvalue weighted by Crippen LogP contribution is -2.08. The molecule has 0 atom stereocenters. The van der Waals surface area contributed by atoms with Gasteiger partial charge in [0, 0.05) is 42.3 Å². The van der Waals surface area contributed by atoms with Crippen LogP contribution in [0.4, 0.5) is 5.69 Å². The average molecular weight is 322 g/mol. The summed E-state index contributed by atoms with van der Waals surface area (Å²) in [7, 11) is 3.96. The zero-order valence-electron chi connectivity index (χ0n) is 14.8. The summed E-state index contributed by atoms with van der Waals surface area (Å²) < 4.78 is 0. The predicted octanol–water partition coefficient (Wildman–Crippen LogP) is 3.86. The number of rotatable bonds is 5. The minimum Gasteiger partial charge on any atom is -0.378 e. The van der Waals surface area contributed by atoms with Gasteiger partial charge in [0.1, 0.15) is 0 Å². The molecular weight excluding hydrogens is 300 g/mol. The minimum absolute atomic E-state index is 0.0858. The van der Waals surface area contributed by atoms with Crippen LogP contribution in [0, 0.1) is 13.8 Å². The number of aromatic nitrogens is 1. The molecule has 0 aliphatic rings. The quantitative estimate of drug-likeness (QED) is 0.619. The Balaban J connectivity index is 2.26. The summed E-state index contributed by atoms with van der Waals surface area (Å²) in [6.07, 6.45) is 3.29. The van der Waals surface area contributed by atoms with Crippen molar-refractivity contribution >= 4 is 23.3 Å². The third kappa shape index (κ3) is 3.96. The molecule has 1 aromatic carbocycles. The van der Waals surface area contributed by atoms with Gasteiger partial charge in [-0.1, -0.05) is 18.2 Å². The summed E-state index contributed by atoms with van der Waals surface area (Å²) >= 11 is 0. The van der Waals surface area contributed by atoms with E-state index in [0.717, 1.165) is 11.3 Å². The van der Waals surface area contributed by atoms with E-state index in [1.807, 2.05) is 43.3 Å². The van der Waals surface area contributed by atoms with Gasteiger partial charge in [0.05, 0.1) is 0 Å². The van der Waals surface area contributed by atoms with Gasteiger partial charge in [-0.25, -0.2) is 0 Å². The second-order valence-electron chi connectivity index (χ2n) is 5.99. The third-order valence-electron chi connectivity index (χ3n) is 3.89. The number of allylic oxidation sites excluding steroid dienone is 1. The van der Waals surface area contributed by atoms with E-state index in [1.54, 1.807) is 26.0 Å². The molecule has 0 amide bonds. The van der Waals surface area contributed by atoms with Crippen LogP contribution in [-0.4, -0.2) is 30.6 Å². The number of anilines is 1. The first-order chi connectivity index (χ1) is 11.3. The molecule has 1 heterocycles. The van der Waals surface area contributed by atoms with E-state index in [2.05, 4.69) is 4.98 Å². The number of Topliss-reactive ketones (excluding diaryl/α,β-unsaturated/α-hetero) is 1. The van der Waals surface area contributed by atoms with Crippen molar-refractivity contribution in [2.24, 2.45) is 0 Å². The lowest BCUT2D eigenvalue weighted by atomic mass is 10.0. The maximum absolute atomic E-state index is 12.5. The van der Waals surface area contributed by atoms with Crippen LogP contribution in [0.2, 0.25) is 0 Å². The Morgan fingerprint density at radius 3 is 2.12 bits per heavy atom. The number of aryl methyl sites for hydroxylation is 2. The van der Waals surface area contributed by atoms with Crippen LogP contribution in [0.1, 0.15) is 44.6 Å². The van der Waals surface area contributed by atoms with Gasteiger partial charge in [-0.05, 0) is 50.6 Å². The third-order valence-corrected chi connectivity index (χ3v) is 3.89. The first-order valence-electron chi connectivity index (χ1n) is 7.78. The van der Waals surface area contributed by atoms with Crippen molar-refractivity contribution in [3.05, 3.63) is 64.5 Å². The van der Waals surface area contributed by atoms with Gasteiger partial charge in [0.15, 0.2) is 11.6 Å². The largest absolute Gasteiger partial charge is 0.378 e. The molecule has 2 aromatic rings. The molecule has 4 heteroatoms. The van der Waals surface area contributed by atoms with Crippen LogP contribution in [0.3, 0.4) is 0 Å². The van der Waals surface area contributed by atoms with Gasteiger partial charge < -0.3 is 4.90 Å². The highest BCUT2D eigenvalue weighted by Crippen LogP contribution is 2.16. The molecule has 0 N–H and O–H groups in total. The van der Waals surface area contributed by atoms with Crippen LogP contribution in [0.25, 0.3) is 6.08 Å². The molecule has 1 aromatic heterocycles. The molecule has 124 valence electrons. The molecule has 0 saturated carbocycles. The van der Waals surface area contributed by atoms with E-state index in [-0.39, 0.29) is 11.6 Å². The van der Waals surface area contributed by atoms with Crippen LogP contribution >= 0.6 is 0 Å². The smallest absolute Gasteiger partial charge is 0.187 e. The van der Waals surface area contributed by atoms with Gasteiger partial charge in [-0.3, -0.25) is 14.6 Å². The SMILES string of the molecule is CC(=O)c1cc(C(=O)/C=C/c2ccc(N(C)C)cc2)c(C)nc1C. The van der Waals surface area contributed by atoms with Gasteiger partial charge in [-0.2, -0.15) is 0 Å². The lowest BCUT2D eigenvalue weighted by Gasteiger charge is -2.11. The van der Waals surface area contributed by atoms with E-state index in [9.17, 15) is 9.59 Å². The van der Waals surface area contributed by atoms with Crippen molar-refractivity contribution in [3.63, 3.8) is 0 Å². The average Bonchev–Trinajstić information content (AvgIpc) is 2.52. The van der Waals surface area contributed by atoms with Gasteiger partial charge in [0.25, 0.3) is 0 Å². The second-order valence-corrected chi connectivity index (χ2v) is 5.99. The maximum atomic E-state index is 12.5. The summed E-state index contributed by atoms with van der Waals surface area (Å²) in [6, 6.07) is 9.55. The topological polar surface area (TPSA) is 50.3 Å². The van der Waals surface area contributed by atoms with Crippen molar-refractivity contribution in [1.29, 1.82) is 0 Å². The number of carbonyl (C=O) groups excluding carboxylic acids is 2. The summed E-state index contributed by atoms with van der Waals surface area (Å²) in [4.78, 5) is 30.4. The highest BCUT2D eigenvalue weighted by atomic mass is 16.1. The normalized spacial score (nSPS) is 10.9. The van der Waals surface area contributed by atoms with E-state index in [0.29, 0.717) is 22.5 Å².